The summed E-state index contributed by atoms with van der Waals surface area (Å²) < 4.78 is 0. The first-order valence-electron chi connectivity index (χ1n) is 6.17. The van der Waals surface area contributed by atoms with E-state index in [1.54, 1.807) is 0 Å². The van der Waals surface area contributed by atoms with E-state index in [-0.39, 0.29) is 0 Å². The Morgan fingerprint density at radius 2 is 2.00 bits per heavy atom. The third-order valence-corrected chi connectivity index (χ3v) is 3.92. The van der Waals surface area contributed by atoms with Gasteiger partial charge in [-0.2, -0.15) is 0 Å². The lowest BCUT2D eigenvalue weighted by molar-refractivity contribution is 0.316. The normalized spacial score (nSPS) is 25.1. The molecule has 2 atom stereocenters. The van der Waals surface area contributed by atoms with E-state index in [2.05, 4.69) is 30.9 Å². The summed E-state index contributed by atoms with van der Waals surface area (Å²) in [6, 6.07) is 8.26. The van der Waals surface area contributed by atoms with Gasteiger partial charge in [0, 0.05) is 25.2 Å². The van der Waals surface area contributed by atoms with Crippen LogP contribution in [0.15, 0.2) is 24.3 Å². The highest BCUT2D eigenvalue weighted by molar-refractivity contribution is 7.80. The molecule has 1 heterocycles. The Kier molecular flexibility index (Phi) is 3.79. The van der Waals surface area contributed by atoms with Gasteiger partial charge >= 0.3 is 0 Å². The van der Waals surface area contributed by atoms with Gasteiger partial charge in [-0.3, -0.25) is 4.90 Å². The van der Waals surface area contributed by atoms with Gasteiger partial charge in [0.1, 0.15) is 4.99 Å². The Hall–Kier alpha value is -0.930. The van der Waals surface area contributed by atoms with Crippen molar-refractivity contribution < 1.29 is 0 Å². The zero-order valence-corrected chi connectivity index (χ0v) is 11.3. The van der Waals surface area contributed by atoms with Crippen LogP contribution in [0.4, 0.5) is 0 Å². The Labute approximate surface area is 109 Å². The Bertz CT molecular complexity index is 406. The SMILES string of the molecule is CC1CN(Cc2cccc(C(N)=S)c2)CC1C. The molecule has 0 radical (unpaired) electrons. The van der Waals surface area contributed by atoms with Crippen molar-refractivity contribution >= 4 is 17.2 Å². The van der Waals surface area contributed by atoms with E-state index in [9.17, 15) is 0 Å². The summed E-state index contributed by atoms with van der Waals surface area (Å²) in [7, 11) is 0. The minimum atomic E-state index is 0.481. The topological polar surface area (TPSA) is 29.3 Å². The molecular formula is C14H20N2S. The van der Waals surface area contributed by atoms with Crippen molar-refractivity contribution in [2.75, 3.05) is 13.1 Å². The summed E-state index contributed by atoms with van der Waals surface area (Å²) >= 11 is 5.01. The van der Waals surface area contributed by atoms with Crippen molar-refractivity contribution in [2.45, 2.75) is 20.4 Å². The van der Waals surface area contributed by atoms with Crippen molar-refractivity contribution in [3.63, 3.8) is 0 Å². The highest BCUT2D eigenvalue weighted by Crippen LogP contribution is 2.23. The standard InChI is InChI=1S/C14H20N2S/c1-10-7-16(8-11(10)2)9-12-4-3-5-13(6-12)14(15)17/h3-6,10-11H,7-9H2,1-2H3,(H2,15,17). The summed E-state index contributed by atoms with van der Waals surface area (Å²) in [5, 5.41) is 0. The summed E-state index contributed by atoms with van der Waals surface area (Å²) in [5.74, 6) is 1.60. The van der Waals surface area contributed by atoms with Gasteiger partial charge in [0.25, 0.3) is 0 Å². The van der Waals surface area contributed by atoms with Crippen LogP contribution in [0.5, 0.6) is 0 Å². The van der Waals surface area contributed by atoms with Crippen LogP contribution >= 0.6 is 12.2 Å². The van der Waals surface area contributed by atoms with Crippen molar-refractivity contribution in [1.29, 1.82) is 0 Å². The number of likely N-dealkylation sites (tertiary alicyclic amines) is 1. The van der Waals surface area contributed by atoms with Crippen LogP contribution in [0.2, 0.25) is 0 Å². The van der Waals surface area contributed by atoms with Crippen LogP contribution < -0.4 is 5.73 Å². The average Bonchev–Trinajstić information content (AvgIpc) is 2.58. The number of hydrogen-bond donors (Lipinski definition) is 1. The average molecular weight is 248 g/mol. The largest absolute Gasteiger partial charge is 0.389 e. The van der Waals surface area contributed by atoms with E-state index in [1.165, 1.54) is 18.7 Å². The summed E-state index contributed by atoms with van der Waals surface area (Å²) in [6.45, 7) is 8.05. The van der Waals surface area contributed by atoms with Gasteiger partial charge in [-0.25, -0.2) is 0 Å². The molecule has 1 aromatic rings. The van der Waals surface area contributed by atoms with Crippen LogP contribution in [0.25, 0.3) is 0 Å². The van der Waals surface area contributed by atoms with E-state index >= 15 is 0 Å². The number of rotatable bonds is 3. The fraction of sp³-hybridized carbons (Fsp3) is 0.500. The van der Waals surface area contributed by atoms with Crippen LogP contribution in [-0.2, 0) is 6.54 Å². The Balaban J connectivity index is 2.04. The lowest BCUT2D eigenvalue weighted by Crippen LogP contribution is -2.20. The maximum absolute atomic E-state index is 5.65. The van der Waals surface area contributed by atoms with E-state index < -0.39 is 0 Å². The molecule has 17 heavy (non-hydrogen) atoms. The molecular weight excluding hydrogens is 228 g/mol. The first kappa shape index (κ1) is 12.5. The van der Waals surface area contributed by atoms with Crippen LogP contribution in [0.3, 0.4) is 0 Å². The van der Waals surface area contributed by atoms with Gasteiger partial charge in [0.15, 0.2) is 0 Å². The summed E-state index contributed by atoms with van der Waals surface area (Å²) in [5.41, 5.74) is 7.93. The highest BCUT2D eigenvalue weighted by atomic mass is 32.1. The van der Waals surface area contributed by atoms with E-state index in [0.29, 0.717) is 4.99 Å². The van der Waals surface area contributed by atoms with Crippen LogP contribution in [0, 0.1) is 11.8 Å². The monoisotopic (exact) mass is 248 g/mol. The fourth-order valence-electron chi connectivity index (χ4n) is 2.46. The second kappa shape index (κ2) is 5.15. The second-order valence-corrected chi connectivity index (χ2v) is 5.65. The molecule has 1 saturated heterocycles. The maximum Gasteiger partial charge on any atom is 0.103 e. The smallest absolute Gasteiger partial charge is 0.103 e. The molecule has 1 fully saturated rings. The fourth-order valence-corrected chi connectivity index (χ4v) is 2.59. The first-order chi connectivity index (χ1) is 8.06. The molecule has 2 nitrogen and oxygen atoms in total. The molecule has 1 aliphatic rings. The van der Waals surface area contributed by atoms with Gasteiger partial charge in [0.05, 0.1) is 0 Å². The number of hydrogen-bond acceptors (Lipinski definition) is 2. The van der Waals surface area contributed by atoms with E-state index in [4.69, 9.17) is 18.0 Å². The Morgan fingerprint density at radius 3 is 2.59 bits per heavy atom. The molecule has 0 spiro atoms. The molecule has 2 rings (SSSR count). The lowest BCUT2D eigenvalue weighted by atomic mass is 10.0. The molecule has 1 aromatic carbocycles. The molecule has 0 bridgehead atoms. The van der Waals surface area contributed by atoms with Crippen LogP contribution in [-0.4, -0.2) is 23.0 Å². The zero-order valence-electron chi connectivity index (χ0n) is 10.5. The third-order valence-electron chi connectivity index (χ3n) is 3.68. The van der Waals surface area contributed by atoms with Gasteiger partial charge in [-0.05, 0) is 23.5 Å². The van der Waals surface area contributed by atoms with Gasteiger partial charge in [0.2, 0.25) is 0 Å². The first-order valence-corrected chi connectivity index (χ1v) is 6.58. The molecule has 0 amide bonds. The minimum Gasteiger partial charge on any atom is -0.389 e. The van der Waals surface area contributed by atoms with Crippen molar-refractivity contribution in [1.82, 2.24) is 4.90 Å². The van der Waals surface area contributed by atoms with Gasteiger partial charge < -0.3 is 5.73 Å². The zero-order chi connectivity index (χ0) is 12.4. The molecule has 0 aliphatic carbocycles. The van der Waals surface area contributed by atoms with Crippen molar-refractivity contribution in [3.05, 3.63) is 35.4 Å². The maximum atomic E-state index is 5.65. The van der Waals surface area contributed by atoms with Gasteiger partial charge in [-0.15, -0.1) is 0 Å². The molecule has 0 aromatic heterocycles. The number of nitrogens with zero attached hydrogens (tertiary/aromatic N) is 1. The Morgan fingerprint density at radius 1 is 1.35 bits per heavy atom. The van der Waals surface area contributed by atoms with Crippen LogP contribution in [0.1, 0.15) is 25.0 Å². The molecule has 2 unspecified atom stereocenters. The minimum absolute atomic E-state index is 0.481. The number of benzene rings is 1. The molecule has 2 N–H and O–H groups in total. The lowest BCUT2D eigenvalue weighted by Gasteiger charge is -2.15. The van der Waals surface area contributed by atoms with Crippen molar-refractivity contribution in [2.24, 2.45) is 17.6 Å². The van der Waals surface area contributed by atoms with E-state index in [0.717, 1.165) is 23.9 Å². The third kappa shape index (κ3) is 3.05. The molecule has 0 saturated carbocycles. The predicted molar refractivity (Wildman–Crippen MR) is 75.9 cm³/mol. The summed E-state index contributed by atoms with van der Waals surface area (Å²) in [6.07, 6.45) is 0. The number of nitrogens with two attached hydrogens (primary N) is 1. The van der Waals surface area contributed by atoms with Gasteiger partial charge in [-0.1, -0.05) is 44.3 Å². The predicted octanol–water partition coefficient (Wildman–Crippen LogP) is 2.41. The summed E-state index contributed by atoms with van der Waals surface area (Å²) in [4.78, 5) is 2.99. The molecule has 1 aliphatic heterocycles. The van der Waals surface area contributed by atoms with Crippen molar-refractivity contribution in [3.8, 4) is 0 Å². The molecule has 92 valence electrons. The molecule has 3 heteroatoms. The highest BCUT2D eigenvalue weighted by Gasteiger charge is 2.25. The quantitative estimate of drug-likeness (QED) is 0.833. The second-order valence-electron chi connectivity index (χ2n) is 5.21. The van der Waals surface area contributed by atoms with E-state index in [1.807, 2.05) is 12.1 Å². The number of thiocarbonyl (C=S) groups is 1.